The highest BCUT2D eigenvalue weighted by molar-refractivity contribution is 6.64. The van der Waals surface area contributed by atoms with E-state index >= 15 is 0 Å². The molecule has 36 heavy (non-hydrogen) atoms. The van der Waals surface area contributed by atoms with Gasteiger partial charge in [0.2, 0.25) is 5.89 Å². The van der Waals surface area contributed by atoms with E-state index < -0.39 is 11.7 Å². The van der Waals surface area contributed by atoms with Crippen LogP contribution in [0.2, 0.25) is 0 Å². The number of carboxylic acid groups (broad SMARTS) is 1. The number of nitrogens with one attached hydrogen (secondary N) is 2. The number of ether oxygens (including phenoxy) is 1. The number of oxazole rings is 1. The number of nitrogens with zero attached hydrogens (tertiary/aromatic N) is 2. The second-order valence-corrected chi connectivity index (χ2v) is 8.22. The Kier molecular flexibility index (Phi) is 7.55. The van der Waals surface area contributed by atoms with Crippen LogP contribution in [-0.4, -0.2) is 27.5 Å². The first-order valence-electron chi connectivity index (χ1n) is 11.3. The number of carboxylic acids is 1. The molecule has 1 heterocycles. The lowest BCUT2D eigenvalue weighted by atomic mass is 10.0. The Morgan fingerprint density at radius 1 is 1.06 bits per heavy atom. The van der Waals surface area contributed by atoms with E-state index in [0.29, 0.717) is 28.8 Å². The van der Waals surface area contributed by atoms with Gasteiger partial charge in [-0.05, 0) is 61.4 Å². The Hall–Kier alpha value is -4.72. The molecular weight excluding hydrogens is 456 g/mol. The van der Waals surface area contributed by atoms with Gasteiger partial charge in [-0.3, -0.25) is 10.8 Å². The third-order valence-electron chi connectivity index (χ3n) is 5.40. The average Bonchev–Trinajstić information content (AvgIpc) is 3.26. The number of anilines is 1. The van der Waals surface area contributed by atoms with Crippen molar-refractivity contribution in [2.45, 2.75) is 26.9 Å². The summed E-state index contributed by atoms with van der Waals surface area (Å²) < 4.78 is 11.7. The molecule has 0 spiro atoms. The van der Waals surface area contributed by atoms with Crippen LogP contribution < -0.4 is 10.2 Å². The van der Waals surface area contributed by atoms with Crippen LogP contribution in [0.4, 0.5) is 5.69 Å². The molecule has 0 aliphatic rings. The Labute approximate surface area is 208 Å². The molecule has 8 heteroatoms. The largest absolute Gasteiger partial charge is 0.487 e. The normalized spacial score (nSPS) is 11.2. The smallest absolute Gasteiger partial charge is 0.355 e. The molecule has 0 atom stereocenters. The van der Waals surface area contributed by atoms with Crippen molar-refractivity contribution in [2.24, 2.45) is 5.10 Å². The molecule has 1 aromatic heterocycles. The number of aryl methyl sites for hydroxylation is 2. The summed E-state index contributed by atoms with van der Waals surface area (Å²) in [5.41, 5.74) is 6.46. The zero-order chi connectivity index (χ0) is 25.5. The summed E-state index contributed by atoms with van der Waals surface area (Å²) in [6.45, 7) is 4.01. The Bertz CT molecular complexity index is 1410. The lowest BCUT2D eigenvalue weighted by Crippen LogP contribution is -2.25. The molecule has 3 N–H and O–H groups in total. The Morgan fingerprint density at radius 3 is 2.58 bits per heavy atom. The molecule has 0 saturated heterocycles. The van der Waals surface area contributed by atoms with E-state index in [-0.39, 0.29) is 18.7 Å². The number of hydrazone groups is 1. The van der Waals surface area contributed by atoms with Crippen molar-refractivity contribution in [1.82, 2.24) is 4.98 Å². The maximum atomic E-state index is 11.5. The summed E-state index contributed by atoms with van der Waals surface area (Å²) in [7, 11) is 0. The van der Waals surface area contributed by atoms with E-state index in [9.17, 15) is 9.90 Å². The van der Waals surface area contributed by atoms with Gasteiger partial charge in [0.05, 0.1) is 11.4 Å². The van der Waals surface area contributed by atoms with Crippen LogP contribution in [0.1, 0.15) is 22.6 Å². The summed E-state index contributed by atoms with van der Waals surface area (Å²) in [5, 5.41) is 21.6. The molecule has 182 valence electrons. The molecule has 0 fully saturated rings. The van der Waals surface area contributed by atoms with Crippen LogP contribution in [0.3, 0.4) is 0 Å². The number of hydrogen-bond donors (Lipinski definition) is 3. The third-order valence-corrected chi connectivity index (χ3v) is 5.40. The summed E-state index contributed by atoms with van der Waals surface area (Å²) in [6.07, 6.45) is 0.141. The van der Waals surface area contributed by atoms with Crippen LogP contribution in [0, 0.1) is 19.3 Å². The summed E-state index contributed by atoms with van der Waals surface area (Å²) in [4.78, 5) is 16.0. The second-order valence-electron chi connectivity index (χ2n) is 8.22. The zero-order valence-corrected chi connectivity index (χ0v) is 20.0. The maximum absolute atomic E-state index is 11.5. The monoisotopic (exact) mass is 482 g/mol. The van der Waals surface area contributed by atoms with Crippen LogP contribution >= 0.6 is 0 Å². The molecule has 0 amide bonds. The predicted molar refractivity (Wildman–Crippen MR) is 139 cm³/mol. The van der Waals surface area contributed by atoms with E-state index in [1.54, 1.807) is 12.1 Å². The number of aromatic nitrogens is 1. The summed E-state index contributed by atoms with van der Waals surface area (Å²) in [6, 6.07) is 24.4. The molecule has 0 bridgehead atoms. The molecule has 0 unspecified atom stereocenters. The number of rotatable bonds is 10. The second kappa shape index (κ2) is 11.1. The zero-order valence-electron chi connectivity index (χ0n) is 20.0. The Balaban J connectivity index is 1.47. The van der Waals surface area contributed by atoms with Gasteiger partial charge in [0.15, 0.2) is 5.71 Å². The highest BCUT2D eigenvalue weighted by atomic mass is 16.5. The van der Waals surface area contributed by atoms with Crippen molar-refractivity contribution < 1.29 is 19.1 Å². The number of benzene rings is 3. The lowest BCUT2D eigenvalue weighted by molar-refractivity contribution is -0.129. The predicted octanol–water partition coefficient (Wildman–Crippen LogP) is 5.65. The molecule has 0 radical (unpaired) electrons. The van der Waals surface area contributed by atoms with Crippen LogP contribution in [0.15, 0.2) is 88.4 Å². The highest BCUT2D eigenvalue weighted by Crippen LogP contribution is 2.23. The highest BCUT2D eigenvalue weighted by Gasteiger charge is 2.17. The number of carbonyl (C=O) groups is 1. The number of aliphatic carboxylic acids is 1. The number of hydrogen-bond acceptors (Lipinski definition) is 7. The molecule has 8 nitrogen and oxygen atoms in total. The fourth-order valence-electron chi connectivity index (χ4n) is 3.51. The minimum Gasteiger partial charge on any atom is -0.487 e. The van der Waals surface area contributed by atoms with Crippen molar-refractivity contribution in [1.29, 1.82) is 5.41 Å². The van der Waals surface area contributed by atoms with Gasteiger partial charge in [0, 0.05) is 12.0 Å². The van der Waals surface area contributed by atoms with Gasteiger partial charge in [-0.25, -0.2) is 9.78 Å². The molecule has 0 aliphatic heterocycles. The van der Waals surface area contributed by atoms with Gasteiger partial charge in [-0.2, -0.15) is 5.10 Å². The topological polar surface area (TPSA) is 121 Å². The van der Waals surface area contributed by atoms with Crippen LogP contribution in [0.25, 0.3) is 11.5 Å². The molecular formula is C28H26N4O4. The first-order chi connectivity index (χ1) is 17.4. The van der Waals surface area contributed by atoms with E-state index in [2.05, 4.69) is 15.5 Å². The van der Waals surface area contributed by atoms with Crippen LogP contribution in [-0.2, 0) is 17.8 Å². The van der Waals surface area contributed by atoms with E-state index in [1.165, 1.54) is 0 Å². The van der Waals surface area contributed by atoms with Crippen molar-refractivity contribution in [3.63, 3.8) is 0 Å². The Morgan fingerprint density at radius 2 is 1.83 bits per heavy atom. The lowest BCUT2D eigenvalue weighted by Gasteiger charge is -2.10. The molecule has 4 aromatic rings. The molecule has 0 aliphatic carbocycles. The van der Waals surface area contributed by atoms with E-state index in [0.717, 1.165) is 16.7 Å². The fraction of sp³-hybridized carbons (Fsp3) is 0.143. The third kappa shape index (κ3) is 6.24. The van der Waals surface area contributed by atoms with Crippen molar-refractivity contribution in [2.75, 3.05) is 5.43 Å². The van der Waals surface area contributed by atoms with Gasteiger partial charge in [0.25, 0.3) is 0 Å². The van der Waals surface area contributed by atoms with Gasteiger partial charge in [-0.1, -0.05) is 42.5 Å². The van der Waals surface area contributed by atoms with Crippen molar-refractivity contribution >= 4 is 23.1 Å². The van der Waals surface area contributed by atoms with Gasteiger partial charge >= 0.3 is 5.97 Å². The van der Waals surface area contributed by atoms with Gasteiger partial charge < -0.3 is 14.3 Å². The fourth-order valence-corrected chi connectivity index (χ4v) is 3.51. The van der Waals surface area contributed by atoms with E-state index in [1.807, 2.05) is 80.6 Å². The summed E-state index contributed by atoms with van der Waals surface area (Å²) >= 11 is 0. The average molecular weight is 483 g/mol. The summed E-state index contributed by atoms with van der Waals surface area (Å²) in [5.74, 6) is 0.457. The quantitative estimate of drug-likeness (QED) is 0.198. The minimum atomic E-state index is -1.34. The standard InChI is InChI=1S/C28H26N4O4/c1-18-8-6-12-22(14-18)31-32-24(26(29)28(33)34)16-20-9-7-13-23(15-20)35-17-25-19(2)36-27(30-25)21-10-4-3-5-11-21/h3-15,29,31H,16-17H2,1-2H3,(H,33,34)/b29-26?,32-24-. The van der Waals surface area contributed by atoms with Crippen LogP contribution in [0.5, 0.6) is 5.75 Å². The van der Waals surface area contributed by atoms with E-state index in [4.69, 9.17) is 14.6 Å². The van der Waals surface area contributed by atoms with Gasteiger partial charge in [-0.15, -0.1) is 0 Å². The molecule has 3 aromatic carbocycles. The minimum absolute atomic E-state index is 0.0982. The molecule has 0 saturated carbocycles. The van der Waals surface area contributed by atoms with Crippen molar-refractivity contribution in [3.8, 4) is 17.2 Å². The van der Waals surface area contributed by atoms with Gasteiger partial charge in [0.1, 0.15) is 23.8 Å². The van der Waals surface area contributed by atoms with Crippen molar-refractivity contribution in [3.05, 3.63) is 101 Å². The first kappa shape index (κ1) is 24.4. The molecule has 4 rings (SSSR count). The SMILES string of the molecule is Cc1cccc(N/N=C(/Cc2cccc(OCc3nc(-c4ccccc4)oc3C)c2)C(=N)C(=O)O)c1. The first-order valence-corrected chi connectivity index (χ1v) is 11.3. The maximum Gasteiger partial charge on any atom is 0.355 e.